The highest BCUT2D eigenvalue weighted by molar-refractivity contribution is 7.11. The topological polar surface area (TPSA) is 0 Å². The molecule has 0 radical (unpaired) electrons. The lowest BCUT2D eigenvalue weighted by molar-refractivity contribution is 1.70. The molecule has 0 saturated heterocycles. The van der Waals surface area contributed by atoms with Crippen molar-refractivity contribution in [2.24, 2.45) is 0 Å². The van der Waals surface area contributed by atoms with Gasteiger partial charge in [0.15, 0.2) is 0 Å². The average molecular weight is 190 g/mol. The summed E-state index contributed by atoms with van der Waals surface area (Å²) in [5.41, 5.74) is 1.27. The van der Waals surface area contributed by atoms with Gasteiger partial charge < -0.3 is 0 Å². The van der Waals surface area contributed by atoms with Crippen molar-refractivity contribution in [3.05, 3.63) is 52.8 Å². The zero-order valence-electron chi connectivity index (χ0n) is 8.03. The second-order valence-electron chi connectivity index (χ2n) is 2.63. The van der Waals surface area contributed by atoms with Gasteiger partial charge in [-0.1, -0.05) is 36.4 Å². The number of thiophene rings is 1. The van der Waals surface area contributed by atoms with Crippen LogP contribution in [0.5, 0.6) is 0 Å². The van der Waals surface area contributed by atoms with E-state index in [0.717, 1.165) is 0 Å². The number of rotatable bonds is 3. The molecule has 0 fully saturated rings. The highest BCUT2D eigenvalue weighted by Gasteiger charge is 1.95. The van der Waals surface area contributed by atoms with Gasteiger partial charge in [0.05, 0.1) is 0 Å². The van der Waals surface area contributed by atoms with Crippen LogP contribution in [0, 0.1) is 0 Å². The molecule has 1 aromatic heterocycles. The molecule has 0 unspecified atom stereocenters. The van der Waals surface area contributed by atoms with Gasteiger partial charge in [0.1, 0.15) is 0 Å². The fourth-order valence-electron chi connectivity index (χ4n) is 1.04. The van der Waals surface area contributed by atoms with Crippen molar-refractivity contribution in [2.75, 3.05) is 0 Å². The lowest BCUT2D eigenvalue weighted by atomic mass is 10.2. The Morgan fingerprint density at radius 1 is 1.31 bits per heavy atom. The molecular formula is C12H14S. The van der Waals surface area contributed by atoms with E-state index < -0.39 is 0 Å². The Balaban J connectivity index is 2.93. The van der Waals surface area contributed by atoms with Gasteiger partial charge in [-0.3, -0.25) is 0 Å². The first-order chi connectivity index (χ1) is 6.38. The summed E-state index contributed by atoms with van der Waals surface area (Å²) in [7, 11) is 0. The molecule has 0 aliphatic heterocycles. The van der Waals surface area contributed by atoms with E-state index in [4.69, 9.17) is 0 Å². The molecule has 0 nitrogen and oxygen atoms in total. The van der Waals surface area contributed by atoms with Crippen molar-refractivity contribution in [1.82, 2.24) is 0 Å². The quantitative estimate of drug-likeness (QED) is 0.624. The fraction of sp³-hybridized carbons (Fsp3) is 0.167. The van der Waals surface area contributed by atoms with Crippen LogP contribution in [0.3, 0.4) is 0 Å². The van der Waals surface area contributed by atoms with E-state index in [0.29, 0.717) is 0 Å². The molecule has 0 amide bonds. The Morgan fingerprint density at radius 3 is 2.69 bits per heavy atom. The van der Waals surface area contributed by atoms with Crippen molar-refractivity contribution in [3.8, 4) is 0 Å². The molecule has 0 aliphatic rings. The minimum atomic E-state index is 1.27. The highest BCUT2D eigenvalue weighted by atomic mass is 32.1. The normalized spacial score (nSPS) is 13.2. The van der Waals surface area contributed by atoms with Gasteiger partial charge in [0.25, 0.3) is 0 Å². The summed E-state index contributed by atoms with van der Waals surface area (Å²) >= 11 is 1.77. The van der Waals surface area contributed by atoms with Crippen LogP contribution in [0.25, 0.3) is 5.57 Å². The highest BCUT2D eigenvalue weighted by Crippen LogP contribution is 2.21. The molecular weight excluding hydrogens is 176 g/mol. The van der Waals surface area contributed by atoms with Gasteiger partial charge in [-0.15, -0.1) is 11.3 Å². The van der Waals surface area contributed by atoms with Crippen molar-refractivity contribution < 1.29 is 0 Å². The first kappa shape index (κ1) is 10.0. The van der Waals surface area contributed by atoms with E-state index in [1.165, 1.54) is 10.5 Å². The third kappa shape index (κ3) is 3.03. The molecule has 0 aromatic carbocycles. The standard InChI is InChI=1S/C12H14S/c1-3-5-8-11(7-4-2)12-9-6-10-13-12/h3-10H,1-2H3/b5-3-,7-4-,11-8+. The zero-order valence-corrected chi connectivity index (χ0v) is 8.84. The first-order valence-electron chi connectivity index (χ1n) is 4.38. The Kier molecular flexibility index (Phi) is 4.27. The molecule has 0 atom stereocenters. The fourth-order valence-corrected chi connectivity index (χ4v) is 1.78. The van der Waals surface area contributed by atoms with Crippen LogP contribution in [0.2, 0.25) is 0 Å². The minimum Gasteiger partial charge on any atom is -0.144 e. The Morgan fingerprint density at radius 2 is 2.15 bits per heavy atom. The molecule has 68 valence electrons. The van der Waals surface area contributed by atoms with Crippen LogP contribution in [-0.2, 0) is 0 Å². The average Bonchev–Trinajstić information content (AvgIpc) is 2.65. The molecule has 13 heavy (non-hydrogen) atoms. The SMILES string of the molecule is C\C=C/C=C(\C=C/C)c1cccs1. The second-order valence-corrected chi connectivity index (χ2v) is 3.57. The van der Waals surface area contributed by atoms with E-state index >= 15 is 0 Å². The molecule has 1 aromatic rings. The molecule has 0 saturated carbocycles. The van der Waals surface area contributed by atoms with E-state index in [2.05, 4.69) is 41.8 Å². The summed E-state index contributed by atoms with van der Waals surface area (Å²) < 4.78 is 0. The predicted molar refractivity (Wildman–Crippen MR) is 61.9 cm³/mol. The summed E-state index contributed by atoms with van der Waals surface area (Å²) in [6, 6.07) is 4.22. The van der Waals surface area contributed by atoms with Gasteiger partial charge >= 0.3 is 0 Å². The monoisotopic (exact) mass is 190 g/mol. The van der Waals surface area contributed by atoms with E-state index in [-0.39, 0.29) is 0 Å². The molecule has 0 bridgehead atoms. The van der Waals surface area contributed by atoms with Gasteiger partial charge in [-0.05, 0) is 30.9 Å². The van der Waals surface area contributed by atoms with Crippen molar-refractivity contribution in [2.45, 2.75) is 13.8 Å². The van der Waals surface area contributed by atoms with Crippen molar-refractivity contribution >= 4 is 16.9 Å². The van der Waals surface area contributed by atoms with Gasteiger partial charge in [-0.25, -0.2) is 0 Å². The molecule has 0 N–H and O–H groups in total. The predicted octanol–water partition coefficient (Wildman–Crippen LogP) is 4.28. The molecule has 0 spiro atoms. The summed E-state index contributed by atoms with van der Waals surface area (Å²) in [6.07, 6.45) is 10.4. The summed E-state index contributed by atoms with van der Waals surface area (Å²) in [5.74, 6) is 0. The van der Waals surface area contributed by atoms with Crippen LogP contribution in [0.4, 0.5) is 0 Å². The largest absolute Gasteiger partial charge is 0.144 e. The maximum Gasteiger partial charge on any atom is 0.0342 e. The van der Waals surface area contributed by atoms with Crippen LogP contribution in [0.15, 0.2) is 47.9 Å². The van der Waals surface area contributed by atoms with E-state index in [9.17, 15) is 0 Å². The Bertz CT molecular complexity index is 313. The molecule has 0 aliphatic carbocycles. The van der Waals surface area contributed by atoms with Crippen LogP contribution in [0.1, 0.15) is 18.7 Å². The third-order valence-corrected chi connectivity index (χ3v) is 2.54. The lowest BCUT2D eigenvalue weighted by Gasteiger charge is -1.94. The summed E-state index contributed by atoms with van der Waals surface area (Å²) in [6.45, 7) is 4.06. The first-order valence-corrected chi connectivity index (χ1v) is 5.26. The summed E-state index contributed by atoms with van der Waals surface area (Å²) in [4.78, 5) is 1.32. The third-order valence-electron chi connectivity index (χ3n) is 1.62. The number of allylic oxidation sites excluding steroid dienone is 6. The maximum absolute atomic E-state index is 2.14. The molecule has 1 heteroatoms. The summed E-state index contributed by atoms with van der Waals surface area (Å²) in [5, 5.41) is 2.10. The van der Waals surface area contributed by atoms with Crippen LogP contribution in [-0.4, -0.2) is 0 Å². The number of hydrogen-bond acceptors (Lipinski definition) is 1. The maximum atomic E-state index is 2.14. The van der Waals surface area contributed by atoms with Crippen LogP contribution < -0.4 is 0 Å². The van der Waals surface area contributed by atoms with Crippen molar-refractivity contribution in [3.63, 3.8) is 0 Å². The molecule has 1 rings (SSSR count). The zero-order chi connectivity index (χ0) is 9.52. The van der Waals surface area contributed by atoms with Crippen molar-refractivity contribution in [1.29, 1.82) is 0 Å². The number of hydrogen-bond donors (Lipinski definition) is 0. The Labute approximate surface area is 83.9 Å². The van der Waals surface area contributed by atoms with Gasteiger partial charge in [-0.2, -0.15) is 0 Å². The van der Waals surface area contributed by atoms with Gasteiger partial charge in [0.2, 0.25) is 0 Å². The smallest absolute Gasteiger partial charge is 0.0342 e. The van der Waals surface area contributed by atoms with Gasteiger partial charge in [0, 0.05) is 4.88 Å². The Hall–Kier alpha value is -1.08. The lowest BCUT2D eigenvalue weighted by Crippen LogP contribution is -1.71. The van der Waals surface area contributed by atoms with E-state index in [1.54, 1.807) is 11.3 Å². The molecule has 1 heterocycles. The van der Waals surface area contributed by atoms with E-state index in [1.807, 2.05) is 19.9 Å². The van der Waals surface area contributed by atoms with Crippen LogP contribution >= 0.6 is 11.3 Å². The minimum absolute atomic E-state index is 1.27. The second kappa shape index (κ2) is 5.55.